The minimum Gasteiger partial charge on any atom is -0.339 e. The predicted molar refractivity (Wildman–Crippen MR) is 82.2 cm³/mol. The van der Waals surface area contributed by atoms with Crippen molar-refractivity contribution in [2.45, 2.75) is 32.4 Å². The molecule has 1 aliphatic rings. The highest BCUT2D eigenvalue weighted by Gasteiger charge is 2.26. The van der Waals surface area contributed by atoms with Gasteiger partial charge in [-0.05, 0) is 26.3 Å². The van der Waals surface area contributed by atoms with Crippen LogP contribution in [0.3, 0.4) is 0 Å². The summed E-state index contributed by atoms with van der Waals surface area (Å²) in [6.45, 7) is 4.07. The number of likely N-dealkylation sites (tertiary alicyclic amines) is 1. The number of benzene rings is 1. The molecule has 24 heavy (non-hydrogen) atoms. The predicted octanol–water partition coefficient (Wildman–Crippen LogP) is 2.84. The third-order valence-electron chi connectivity index (χ3n) is 4.41. The van der Waals surface area contributed by atoms with Crippen molar-refractivity contribution in [2.24, 2.45) is 0 Å². The van der Waals surface area contributed by atoms with Gasteiger partial charge in [0, 0.05) is 18.7 Å². The molecule has 3 aromatic rings. The van der Waals surface area contributed by atoms with Gasteiger partial charge < -0.3 is 9.09 Å². The molecule has 0 saturated carbocycles. The molecule has 0 N–H and O–H groups in total. The fourth-order valence-corrected chi connectivity index (χ4v) is 3.25. The van der Waals surface area contributed by atoms with E-state index >= 15 is 0 Å². The number of hydrogen-bond donors (Lipinski definition) is 0. The Bertz CT molecular complexity index is 875. The van der Waals surface area contributed by atoms with E-state index in [0.29, 0.717) is 29.4 Å². The Kier molecular flexibility index (Phi) is 3.76. The lowest BCUT2D eigenvalue weighted by Crippen LogP contribution is -2.35. The Morgan fingerprint density at radius 3 is 2.92 bits per heavy atom. The van der Waals surface area contributed by atoms with Crippen molar-refractivity contribution < 1.29 is 13.3 Å². The second-order valence-electron chi connectivity index (χ2n) is 6.21. The summed E-state index contributed by atoms with van der Waals surface area (Å²) in [5, 5.41) is 3.85. The van der Waals surface area contributed by atoms with Crippen LogP contribution in [0.15, 0.2) is 23.0 Å². The molecule has 0 spiro atoms. The van der Waals surface area contributed by atoms with E-state index in [1.165, 1.54) is 6.07 Å². The van der Waals surface area contributed by atoms with Crippen LogP contribution in [-0.2, 0) is 6.67 Å². The molecular weight excluding hydrogens is 316 g/mol. The molecule has 1 fully saturated rings. The summed E-state index contributed by atoms with van der Waals surface area (Å²) in [6.07, 6.45) is 3.63. The normalized spacial score (nSPS) is 19.2. The fourth-order valence-electron chi connectivity index (χ4n) is 3.25. The minimum absolute atomic E-state index is 0.198. The number of nitrogens with zero attached hydrogens (tertiary/aromatic N) is 5. The minimum atomic E-state index is -0.877. The van der Waals surface area contributed by atoms with E-state index in [4.69, 9.17) is 4.52 Å². The molecule has 8 heteroatoms. The van der Waals surface area contributed by atoms with Gasteiger partial charge in [0.05, 0.1) is 29.9 Å². The van der Waals surface area contributed by atoms with Gasteiger partial charge >= 0.3 is 0 Å². The van der Waals surface area contributed by atoms with Crippen LogP contribution in [0.25, 0.3) is 11.0 Å². The molecule has 1 aromatic carbocycles. The molecular formula is C16H17F2N5O. The largest absolute Gasteiger partial charge is 0.339 e. The van der Waals surface area contributed by atoms with Gasteiger partial charge in [0.15, 0.2) is 17.5 Å². The van der Waals surface area contributed by atoms with Crippen molar-refractivity contribution >= 4 is 11.0 Å². The zero-order valence-corrected chi connectivity index (χ0v) is 13.2. The van der Waals surface area contributed by atoms with Gasteiger partial charge in [0.2, 0.25) is 5.89 Å². The first-order chi connectivity index (χ1) is 11.6. The number of aryl methyl sites for hydroxylation is 1. The van der Waals surface area contributed by atoms with Crippen molar-refractivity contribution in [1.82, 2.24) is 24.6 Å². The van der Waals surface area contributed by atoms with Crippen LogP contribution in [0.1, 0.15) is 30.5 Å². The summed E-state index contributed by atoms with van der Waals surface area (Å²) in [7, 11) is 0. The first-order valence-electron chi connectivity index (χ1n) is 7.92. The van der Waals surface area contributed by atoms with Gasteiger partial charge in [-0.1, -0.05) is 5.16 Å². The number of rotatable bonds is 3. The lowest BCUT2D eigenvalue weighted by molar-refractivity contribution is 0.153. The Balaban J connectivity index is 1.53. The maximum atomic E-state index is 13.5. The van der Waals surface area contributed by atoms with Crippen LogP contribution >= 0.6 is 0 Å². The van der Waals surface area contributed by atoms with Crippen LogP contribution in [0.2, 0.25) is 0 Å². The number of fused-ring (bicyclic) bond motifs is 1. The fraction of sp³-hybridized carbons (Fsp3) is 0.438. The van der Waals surface area contributed by atoms with E-state index in [0.717, 1.165) is 32.0 Å². The molecule has 4 rings (SSSR count). The third kappa shape index (κ3) is 2.77. The molecule has 2 aromatic heterocycles. The molecule has 0 amide bonds. The van der Waals surface area contributed by atoms with E-state index in [1.54, 1.807) is 13.3 Å². The Morgan fingerprint density at radius 2 is 2.12 bits per heavy atom. The van der Waals surface area contributed by atoms with Crippen LogP contribution in [0, 0.1) is 18.6 Å². The Hall–Kier alpha value is -2.35. The van der Waals surface area contributed by atoms with Crippen molar-refractivity contribution in [3.63, 3.8) is 0 Å². The number of aromatic nitrogens is 4. The second kappa shape index (κ2) is 5.94. The summed E-state index contributed by atoms with van der Waals surface area (Å²) in [4.78, 5) is 10.7. The molecule has 1 aliphatic heterocycles. The summed E-state index contributed by atoms with van der Waals surface area (Å²) < 4.78 is 33.9. The standard InChI is InChI=1S/C16H17F2N5O/c1-10-20-16(24-21-10)11-3-2-4-22(7-11)9-23-8-19-14-5-12(17)13(18)6-15(14)23/h5-6,8,11H,2-4,7,9H2,1H3/t11-/m1/s1. The van der Waals surface area contributed by atoms with E-state index in [-0.39, 0.29) is 5.92 Å². The summed E-state index contributed by atoms with van der Waals surface area (Å²) in [5.41, 5.74) is 1.04. The lowest BCUT2D eigenvalue weighted by Gasteiger charge is -2.31. The number of imidazole rings is 1. The zero-order valence-electron chi connectivity index (χ0n) is 13.2. The highest BCUT2D eigenvalue weighted by atomic mass is 19.2. The van der Waals surface area contributed by atoms with E-state index in [2.05, 4.69) is 20.0 Å². The van der Waals surface area contributed by atoms with Crippen LogP contribution in [0.4, 0.5) is 8.78 Å². The molecule has 0 radical (unpaired) electrons. The smallest absolute Gasteiger partial charge is 0.231 e. The SMILES string of the molecule is Cc1noc([C@@H]2CCCN(Cn3cnc4cc(F)c(F)cc43)C2)n1. The van der Waals surface area contributed by atoms with Gasteiger partial charge in [-0.2, -0.15) is 4.98 Å². The average molecular weight is 333 g/mol. The average Bonchev–Trinajstić information content (AvgIpc) is 3.16. The molecule has 0 unspecified atom stereocenters. The highest BCUT2D eigenvalue weighted by molar-refractivity contribution is 5.75. The lowest BCUT2D eigenvalue weighted by atomic mass is 9.98. The zero-order chi connectivity index (χ0) is 16.7. The molecule has 0 bridgehead atoms. The summed E-state index contributed by atoms with van der Waals surface area (Å²) in [5.74, 6) is -0.232. The van der Waals surface area contributed by atoms with Crippen molar-refractivity contribution in [2.75, 3.05) is 13.1 Å². The molecule has 6 nitrogen and oxygen atoms in total. The maximum absolute atomic E-state index is 13.5. The number of hydrogen-bond acceptors (Lipinski definition) is 5. The van der Waals surface area contributed by atoms with Gasteiger partial charge in [0.25, 0.3) is 0 Å². The van der Waals surface area contributed by atoms with E-state index in [9.17, 15) is 8.78 Å². The maximum Gasteiger partial charge on any atom is 0.231 e. The van der Waals surface area contributed by atoms with Gasteiger partial charge in [-0.25, -0.2) is 13.8 Å². The topological polar surface area (TPSA) is 60.0 Å². The van der Waals surface area contributed by atoms with Crippen LogP contribution in [-0.4, -0.2) is 37.7 Å². The molecule has 0 aliphatic carbocycles. The van der Waals surface area contributed by atoms with Crippen LogP contribution in [0.5, 0.6) is 0 Å². The van der Waals surface area contributed by atoms with Gasteiger partial charge in [-0.3, -0.25) is 4.90 Å². The van der Waals surface area contributed by atoms with E-state index < -0.39 is 11.6 Å². The Labute approximate surface area is 137 Å². The molecule has 126 valence electrons. The van der Waals surface area contributed by atoms with Crippen molar-refractivity contribution in [1.29, 1.82) is 0 Å². The Morgan fingerprint density at radius 1 is 1.29 bits per heavy atom. The van der Waals surface area contributed by atoms with Gasteiger partial charge in [0.1, 0.15) is 0 Å². The monoisotopic (exact) mass is 333 g/mol. The van der Waals surface area contributed by atoms with Crippen molar-refractivity contribution in [3.05, 3.63) is 41.8 Å². The van der Waals surface area contributed by atoms with Crippen LogP contribution < -0.4 is 0 Å². The number of piperidine rings is 1. The number of halogens is 2. The summed E-state index contributed by atoms with van der Waals surface area (Å²) >= 11 is 0. The van der Waals surface area contributed by atoms with Crippen molar-refractivity contribution in [3.8, 4) is 0 Å². The quantitative estimate of drug-likeness (QED) is 0.738. The third-order valence-corrected chi connectivity index (χ3v) is 4.41. The molecule has 1 atom stereocenters. The highest BCUT2D eigenvalue weighted by Crippen LogP contribution is 2.26. The molecule has 3 heterocycles. The van der Waals surface area contributed by atoms with Gasteiger partial charge in [-0.15, -0.1) is 0 Å². The first kappa shape index (κ1) is 15.2. The first-order valence-corrected chi connectivity index (χ1v) is 7.92. The molecule has 1 saturated heterocycles. The van der Waals surface area contributed by atoms with E-state index in [1.807, 2.05) is 4.57 Å². The summed E-state index contributed by atoms with van der Waals surface area (Å²) in [6, 6.07) is 2.32. The second-order valence-corrected chi connectivity index (χ2v) is 6.21.